The fourth-order valence-electron chi connectivity index (χ4n) is 3.91. The molecule has 2 amide bonds. The summed E-state index contributed by atoms with van der Waals surface area (Å²) in [4.78, 5) is 29.9. The van der Waals surface area contributed by atoms with Crippen LogP contribution in [0.15, 0.2) is 0 Å². The third kappa shape index (κ3) is 5.27. The molecule has 0 bridgehead atoms. The van der Waals surface area contributed by atoms with Gasteiger partial charge in [-0.2, -0.15) is 0 Å². The van der Waals surface area contributed by atoms with Crippen molar-refractivity contribution in [2.24, 2.45) is 11.8 Å². The summed E-state index contributed by atoms with van der Waals surface area (Å²) < 4.78 is 0. The Kier molecular flexibility index (Phi) is 6.45. The van der Waals surface area contributed by atoms with Gasteiger partial charge in [-0.3, -0.25) is 9.59 Å². The van der Waals surface area contributed by atoms with E-state index in [4.69, 9.17) is 0 Å². The van der Waals surface area contributed by atoms with Crippen LogP contribution in [0.2, 0.25) is 0 Å². The molecule has 2 aliphatic rings. The summed E-state index contributed by atoms with van der Waals surface area (Å²) in [6, 6.07) is 0. The Balaban J connectivity index is 1.42. The van der Waals surface area contributed by atoms with E-state index < -0.39 is 0 Å². The predicted molar refractivity (Wildman–Crippen MR) is 101 cm³/mol. The molecule has 1 aromatic rings. The molecule has 0 aromatic carbocycles. The molecule has 0 spiro atoms. The molecule has 138 valence electrons. The fraction of sp³-hybridized carbons (Fsp3) is 0.737. The summed E-state index contributed by atoms with van der Waals surface area (Å²) in [5, 5.41) is 6.27. The number of carbonyl (C=O) groups excluding carboxylic acids is 2. The van der Waals surface area contributed by atoms with Crippen molar-refractivity contribution in [1.29, 1.82) is 0 Å². The van der Waals surface area contributed by atoms with Crippen molar-refractivity contribution in [2.45, 2.75) is 71.1 Å². The number of hydrogen-bond acceptors (Lipinski definition) is 4. The summed E-state index contributed by atoms with van der Waals surface area (Å²) in [6.07, 6.45) is 11.1. The summed E-state index contributed by atoms with van der Waals surface area (Å²) >= 11 is 1.59. The van der Waals surface area contributed by atoms with Crippen molar-refractivity contribution in [3.63, 3.8) is 0 Å². The number of hydrogen-bond donors (Lipinski definition) is 2. The average Bonchev–Trinajstić information content (AvgIpc) is 3.02. The maximum absolute atomic E-state index is 12.1. The molecule has 25 heavy (non-hydrogen) atoms. The maximum atomic E-state index is 12.1. The van der Waals surface area contributed by atoms with E-state index in [1.807, 2.05) is 0 Å². The monoisotopic (exact) mass is 363 g/mol. The number of nitrogens with one attached hydrogen (secondary N) is 2. The van der Waals surface area contributed by atoms with E-state index >= 15 is 0 Å². The summed E-state index contributed by atoms with van der Waals surface area (Å²) in [5.74, 6) is 1.05. The SMILES string of the molecule is CCC1CCc2nc(NC(=O)CNC(=O)CC3CCCCC3)sc2C1. The Morgan fingerprint density at radius 2 is 1.92 bits per heavy atom. The number of anilines is 1. The summed E-state index contributed by atoms with van der Waals surface area (Å²) in [5.41, 5.74) is 1.14. The van der Waals surface area contributed by atoms with Gasteiger partial charge in [-0.25, -0.2) is 4.98 Å². The lowest BCUT2D eigenvalue weighted by atomic mass is 9.87. The molecule has 0 radical (unpaired) electrons. The van der Waals surface area contributed by atoms with E-state index in [-0.39, 0.29) is 18.4 Å². The molecule has 1 unspecified atom stereocenters. The first-order valence-electron chi connectivity index (χ1n) is 9.69. The largest absolute Gasteiger partial charge is 0.347 e. The van der Waals surface area contributed by atoms with Crippen LogP contribution >= 0.6 is 11.3 Å². The van der Waals surface area contributed by atoms with Crippen molar-refractivity contribution >= 4 is 28.3 Å². The van der Waals surface area contributed by atoms with Crippen molar-refractivity contribution in [3.05, 3.63) is 10.6 Å². The molecule has 0 saturated heterocycles. The molecule has 5 nitrogen and oxygen atoms in total. The second-order valence-corrected chi connectivity index (χ2v) is 8.52. The van der Waals surface area contributed by atoms with Crippen molar-refractivity contribution in [3.8, 4) is 0 Å². The number of rotatable bonds is 6. The van der Waals surface area contributed by atoms with Crippen LogP contribution in [0.5, 0.6) is 0 Å². The molecule has 0 aliphatic heterocycles. The van der Waals surface area contributed by atoms with E-state index in [9.17, 15) is 9.59 Å². The Morgan fingerprint density at radius 3 is 2.68 bits per heavy atom. The standard InChI is InChI=1S/C19H29N3O2S/c1-2-13-8-9-15-16(10-13)25-19(21-15)22-18(24)12-20-17(23)11-14-6-4-3-5-7-14/h13-14H,2-12H2,1H3,(H,20,23)(H,21,22,24). The lowest BCUT2D eigenvalue weighted by molar-refractivity contribution is -0.125. The molecule has 2 N–H and O–H groups in total. The second-order valence-electron chi connectivity index (χ2n) is 7.44. The fourth-order valence-corrected chi connectivity index (χ4v) is 5.05. The number of aromatic nitrogens is 1. The lowest BCUT2D eigenvalue weighted by Crippen LogP contribution is -2.34. The zero-order chi connectivity index (χ0) is 17.6. The molecule has 1 atom stereocenters. The molecule has 2 aliphatic carbocycles. The minimum Gasteiger partial charge on any atom is -0.347 e. The van der Waals surface area contributed by atoms with Crippen LogP contribution in [0.25, 0.3) is 0 Å². The van der Waals surface area contributed by atoms with Gasteiger partial charge in [-0.15, -0.1) is 11.3 Å². The van der Waals surface area contributed by atoms with Crippen LogP contribution in [0.4, 0.5) is 5.13 Å². The Labute approximate surface area is 154 Å². The lowest BCUT2D eigenvalue weighted by Gasteiger charge is -2.20. The van der Waals surface area contributed by atoms with Gasteiger partial charge >= 0.3 is 0 Å². The molecule has 1 saturated carbocycles. The first kappa shape index (κ1) is 18.4. The van der Waals surface area contributed by atoms with E-state index in [1.54, 1.807) is 11.3 Å². The topological polar surface area (TPSA) is 71.1 Å². The van der Waals surface area contributed by atoms with Crippen LogP contribution in [-0.4, -0.2) is 23.3 Å². The zero-order valence-electron chi connectivity index (χ0n) is 15.1. The van der Waals surface area contributed by atoms with Gasteiger partial charge in [-0.1, -0.05) is 32.6 Å². The predicted octanol–water partition coefficient (Wildman–Crippen LogP) is 3.68. The van der Waals surface area contributed by atoms with E-state index in [0.29, 0.717) is 17.5 Å². The normalized spacial score (nSPS) is 20.8. The highest BCUT2D eigenvalue weighted by Crippen LogP contribution is 2.33. The first-order valence-corrected chi connectivity index (χ1v) is 10.5. The summed E-state index contributed by atoms with van der Waals surface area (Å²) in [7, 11) is 0. The summed E-state index contributed by atoms with van der Waals surface area (Å²) in [6.45, 7) is 2.27. The van der Waals surface area contributed by atoms with Crippen LogP contribution in [-0.2, 0) is 22.4 Å². The van der Waals surface area contributed by atoms with E-state index in [0.717, 1.165) is 37.3 Å². The number of aryl methyl sites for hydroxylation is 1. The van der Waals surface area contributed by atoms with Crippen LogP contribution in [0.3, 0.4) is 0 Å². The molecular formula is C19H29N3O2S. The Hall–Kier alpha value is -1.43. The van der Waals surface area contributed by atoms with Gasteiger partial charge in [0, 0.05) is 11.3 Å². The number of fused-ring (bicyclic) bond motifs is 1. The minimum atomic E-state index is -0.185. The number of thiazole rings is 1. The second kappa shape index (κ2) is 8.79. The Bertz CT molecular complexity index is 608. The van der Waals surface area contributed by atoms with Gasteiger partial charge in [0.2, 0.25) is 11.8 Å². The number of amides is 2. The van der Waals surface area contributed by atoms with E-state index in [1.165, 1.54) is 37.0 Å². The number of carbonyl (C=O) groups is 2. The third-order valence-electron chi connectivity index (χ3n) is 5.51. The van der Waals surface area contributed by atoms with Gasteiger partial charge in [0.05, 0.1) is 12.2 Å². The highest BCUT2D eigenvalue weighted by Gasteiger charge is 2.22. The molecule has 3 rings (SSSR count). The average molecular weight is 364 g/mol. The van der Waals surface area contributed by atoms with Crippen LogP contribution in [0.1, 0.15) is 68.9 Å². The number of nitrogens with zero attached hydrogens (tertiary/aromatic N) is 1. The highest BCUT2D eigenvalue weighted by molar-refractivity contribution is 7.15. The van der Waals surface area contributed by atoms with Crippen LogP contribution < -0.4 is 10.6 Å². The molecule has 1 aromatic heterocycles. The van der Waals surface area contributed by atoms with Crippen molar-refractivity contribution in [2.75, 3.05) is 11.9 Å². The van der Waals surface area contributed by atoms with Gasteiger partial charge in [0.25, 0.3) is 0 Å². The molecular weight excluding hydrogens is 334 g/mol. The Morgan fingerprint density at radius 1 is 1.12 bits per heavy atom. The van der Waals surface area contributed by atoms with Gasteiger partial charge in [-0.05, 0) is 43.9 Å². The van der Waals surface area contributed by atoms with Gasteiger partial charge < -0.3 is 10.6 Å². The van der Waals surface area contributed by atoms with Crippen molar-refractivity contribution < 1.29 is 9.59 Å². The smallest absolute Gasteiger partial charge is 0.245 e. The maximum Gasteiger partial charge on any atom is 0.245 e. The molecule has 1 fully saturated rings. The van der Waals surface area contributed by atoms with Gasteiger partial charge in [0.1, 0.15) is 0 Å². The van der Waals surface area contributed by atoms with Crippen molar-refractivity contribution in [1.82, 2.24) is 10.3 Å². The van der Waals surface area contributed by atoms with E-state index in [2.05, 4.69) is 22.5 Å². The first-order chi connectivity index (χ1) is 12.1. The minimum absolute atomic E-state index is 0.00808. The quantitative estimate of drug-likeness (QED) is 0.810. The van der Waals surface area contributed by atoms with Crippen LogP contribution in [0, 0.1) is 11.8 Å². The third-order valence-corrected chi connectivity index (χ3v) is 6.55. The molecule has 6 heteroatoms. The van der Waals surface area contributed by atoms with Gasteiger partial charge in [0.15, 0.2) is 5.13 Å². The zero-order valence-corrected chi connectivity index (χ0v) is 15.9. The molecule has 1 heterocycles. The highest BCUT2D eigenvalue weighted by atomic mass is 32.1.